The molecule has 1 aliphatic heterocycles. The van der Waals surface area contributed by atoms with Crippen LogP contribution >= 0.6 is 0 Å². The highest BCUT2D eigenvalue weighted by Crippen LogP contribution is 2.32. The summed E-state index contributed by atoms with van der Waals surface area (Å²) in [4.78, 5) is 5.22. The van der Waals surface area contributed by atoms with Gasteiger partial charge >= 0.3 is 0 Å². The van der Waals surface area contributed by atoms with Crippen LogP contribution < -0.4 is 5.32 Å². The van der Waals surface area contributed by atoms with E-state index in [-0.39, 0.29) is 0 Å². The van der Waals surface area contributed by atoms with Gasteiger partial charge < -0.3 is 15.1 Å². The maximum Gasteiger partial charge on any atom is 0.0109 e. The summed E-state index contributed by atoms with van der Waals surface area (Å²) in [5.41, 5.74) is 0. The van der Waals surface area contributed by atoms with Gasteiger partial charge in [0.15, 0.2) is 0 Å². The van der Waals surface area contributed by atoms with Crippen molar-refractivity contribution in [1.82, 2.24) is 15.1 Å². The van der Waals surface area contributed by atoms with Crippen LogP contribution in [0.3, 0.4) is 0 Å². The largest absolute Gasteiger partial charge is 0.314 e. The van der Waals surface area contributed by atoms with Gasteiger partial charge in [0.25, 0.3) is 0 Å². The van der Waals surface area contributed by atoms with Crippen molar-refractivity contribution in [3.05, 3.63) is 0 Å². The monoisotopic (exact) mass is 281 g/mol. The Labute approximate surface area is 126 Å². The molecule has 2 rings (SSSR count). The standard InChI is InChI=1S/C17H35N3/c1-4-15-7-8-17(18-5-2)16(13-15)14-20-10-6-9-19(3)11-12-20/h15-18H,4-14H2,1-3H3. The van der Waals surface area contributed by atoms with Crippen LogP contribution in [0.25, 0.3) is 0 Å². The van der Waals surface area contributed by atoms with Crippen molar-refractivity contribution in [2.75, 3.05) is 46.3 Å². The van der Waals surface area contributed by atoms with Crippen molar-refractivity contribution in [3.63, 3.8) is 0 Å². The minimum Gasteiger partial charge on any atom is -0.314 e. The molecule has 3 heteroatoms. The summed E-state index contributed by atoms with van der Waals surface area (Å²) >= 11 is 0. The molecule has 2 fully saturated rings. The third-order valence-electron chi connectivity index (χ3n) is 5.44. The minimum absolute atomic E-state index is 0.767. The van der Waals surface area contributed by atoms with Crippen LogP contribution in [-0.4, -0.2) is 62.2 Å². The molecule has 3 nitrogen and oxygen atoms in total. The summed E-state index contributed by atoms with van der Waals surface area (Å²) < 4.78 is 0. The third-order valence-corrected chi connectivity index (χ3v) is 5.44. The molecule has 0 aromatic carbocycles. The Hall–Kier alpha value is -0.120. The first-order valence-corrected chi connectivity index (χ1v) is 8.87. The average Bonchev–Trinajstić information content (AvgIpc) is 2.66. The summed E-state index contributed by atoms with van der Waals surface area (Å²) in [5, 5.41) is 3.76. The highest BCUT2D eigenvalue weighted by atomic mass is 15.2. The van der Waals surface area contributed by atoms with Crippen molar-refractivity contribution >= 4 is 0 Å². The SMILES string of the molecule is CCNC1CCC(CC)CC1CN1CCCN(C)CC1. The van der Waals surface area contributed by atoms with Crippen molar-refractivity contribution in [3.8, 4) is 0 Å². The van der Waals surface area contributed by atoms with Gasteiger partial charge in [0.1, 0.15) is 0 Å². The second-order valence-corrected chi connectivity index (χ2v) is 6.97. The lowest BCUT2D eigenvalue weighted by Gasteiger charge is -2.39. The third kappa shape index (κ3) is 4.71. The van der Waals surface area contributed by atoms with Gasteiger partial charge in [0.05, 0.1) is 0 Å². The number of hydrogen-bond acceptors (Lipinski definition) is 3. The molecular weight excluding hydrogens is 246 g/mol. The van der Waals surface area contributed by atoms with Crippen LogP contribution in [0.1, 0.15) is 46.0 Å². The molecule has 20 heavy (non-hydrogen) atoms. The van der Waals surface area contributed by atoms with E-state index in [2.05, 4.69) is 36.0 Å². The molecule has 1 saturated heterocycles. The van der Waals surface area contributed by atoms with Crippen molar-refractivity contribution in [2.24, 2.45) is 11.8 Å². The van der Waals surface area contributed by atoms with Crippen LogP contribution in [0.4, 0.5) is 0 Å². The topological polar surface area (TPSA) is 18.5 Å². The molecule has 1 saturated carbocycles. The first-order chi connectivity index (χ1) is 9.72. The van der Waals surface area contributed by atoms with Gasteiger partial charge in [0.2, 0.25) is 0 Å². The fourth-order valence-corrected chi connectivity index (χ4v) is 4.08. The van der Waals surface area contributed by atoms with Crippen LogP contribution in [0.2, 0.25) is 0 Å². The first-order valence-electron chi connectivity index (χ1n) is 8.87. The highest BCUT2D eigenvalue weighted by molar-refractivity contribution is 4.86. The van der Waals surface area contributed by atoms with E-state index in [1.54, 1.807) is 0 Å². The lowest BCUT2D eigenvalue weighted by atomic mass is 9.76. The number of nitrogens with zero attached hydrogens (tertiary/aromatic N) is 2. The van der Waals surface area contributed by atoms with Crippen LogP contribution in [-0.2, 0) is 0 Å². The second-order valence-electron chi connectivity index (χ2n) is 6.97. The number of nitrogens with one attached hydrogen (secondary N) is 1. The molecule has 1 N–H and O–H groups in total. The van der Waals surface area contributed by atoms with Gasteiger partial charge in [-0.1, -0.05) is 20.3 Å². The zero-order valence-electron chi connectivity index (χ0n) is 13.9. The van der Waals surface area contributed by atoms with E-state index in [9.17, 15) is 0 Å². The summed E-state index contributed by atoms with van der Waals surface area (Å²) in [5.74, 6) is 1.85. The number of likely N-dealkylation sites (N-methyl/N-ethyl adjacent to an activating group) is 1. The van der Waals surface area contributed by atoms with Crippen molar-refractivity contribution in [2.45, 2.75) is 52.0 Å². The van der Waals surface area contributed by atoms with Crippen LogP contribution in [0, 0.1) is 11.8 Å². The van der Waals surface area contributed by atoms with Gasteiger partial charge in [-0.05, 0) is 64.2 Å². The number of hydrogen-bond donors (Lipinski definition) is 1. The molecular formula is C17H35N3. The molecule has 0 bridgehead atoms. The molecule has 1 heterocycles. The predicted octanol–water partition coefficient (Wildman–Crippen LogP) is 2.43. The fraction of sp³-hybridized carbons (Fsp3) is 1.00. The fourth-order valence-electron chi connectivity index (χ4n) is 4.08. The smallest absolute Gasteiger partial charge is 0.0109 e. The Morgan fingerprint density at radius 1 is 1.05 bits per heavy atom. The summed E-state index contributed by atoms with van der Waals surface area (Å²) in [7, 11) is 2.26. The van der Waals surface area contributed by atoms with Gasteiger partial charge in [-0.25, -0.2) is 0 Å². The number of rotatable bonds is 5. The summed E-state index contributed by atoms with van der Waals surface area (Å²) in [6, 6.07) is 0.767. The Balaban J connectivity index is 1.88. The zero-order chi connectivity index (χ0) is 14.4. The van der Waals surface area contributed by atoms with E-state index < -0.39 is 0 Å². The van der Waals surface area contributed by atoms with E-state index in [1.807, 2.05) is 0 Å². The van der Waals surface area contributed by atoms with E-state index >= 15 is 0 Å². The Morgan fingerprint density at radius 3 is 2.65 bits per heavy atom. The van der Waals surface area contributed by atoms with Gasteiger partial charge in [-0.3, -0.25) is 0 Å². The van der Waals surface area contributed by atoms with Crippen LogP contribution in [0.5, 0.6) is 0 Å². The Kier molecular flexibility index (Phi) is 6.79. The lowest BCUT2D eigenvalue weighted by Crippen LogP contribution is -2.46. The molecule has 0 amide bonds. The predicted molar refractivity (Wildman–Crippen MR) is 87.1 cm³/mol. The lowest BCUT2D eigenvalue weighted by molar-refractivity contribution is 0.141. The van der Waals surface area contributed by atoms with Crippen molar-refractivity contribution < 1.29 is 0 Å². The van der Waals surface area contributed by atoms with E-state index in [0.717, 1.165) is 24.4 Å². The second kappa shape index (κ2) is 8.35. The maximum absolute atomic E-state index is 3.76. The van der Waals surface area contributed by atoms with Crippen LogP contribution in [0.15, 0.2) is 0 Å². The molecule has 0 aromatic heterocycles. The van der Waals surface area contributed by atoms with Gasteiger partial charge in [-0.15, -0.1) is 0 Å². The quantitative estimate of drug-likeness (QED) is 0.835. The Bertz CT molecular complexity index is 269. The zero-order valence-corrected chi connectivity index (χ0v) is 13.9. The molecule has 1 aliphatic carbocycles. The molecule has 0 radical (unpaired) electrons. The molecule has 0 aromatic rings. The maximum atomic E-state index is 3.76. The molecule has 3 unspecified atom stereocenters. The summed E-state index contributed by atoms with van der Waals surface area (Å²) in [6.45, 7) is 12.2. The summed E-state index contributed by atoms with van der Waals surface area (Å²) in [6.07, 6.45) is 6.99. The normalized spacial score (nSPS) is 34.0. The first kappa shape index (κ1) is 16.3. The average molecular weight is 281 g/mol. The van der Waals surface area contributed by atoms with Gasteiger partial charge in [-0.2, -0.15) is 0 Å². The van der Waals surface area contributed by atoms with Gasteiger partial charge in [0, 0.05) is 25.7 Å². The van der Waals surface area contributed by atoms with E-state index in [1.165, 1.54) is 64.8 Å². The minimum atomic E-state index is 0.767. The van der Waals surface area contributed by atoms with Crippen molar-refractivity contribution in [1.29, 1.82) is 0 Å². The molecule has 2 aliphatic rings. The van der Waals surface area contributed by atoms with E-state index in [4.69, 9.17) is 0 Å². The Morgan fingerprint density at radius 2 is 1.90 bits per heavy atom. The highest BCUT2D eigenvalue weighted by Gasteiger charge is 2.30. The molecule has 0 spiro atoms. The molecule has 118 valence electrons. The molecule has 3 atom stereocenters. The van der Waals surface area contributed by atoms with E-state index in [0.29, 0.717) is 0 Å².